The molecule has 2 rings (SSSR count). The number of benzene rings is 1. The Morgan fingerprint density at radius 1 is 1.22 bits per heavy atom. The Morgan fingerprint density at radius 3 is 2.48 bits per heavy atom. The third kappa shape index (κ3) is 4.84. The highest BCUT2D eigenvalue weighted by molar-refractivity contribution is 7.91. The van der Waals surface area contributed by atoms with Gasteiger partial charge in [0.2, 0.25) is 5.91 Å². The van der Waals surface area contributed by atoms with Crippen molar-refractivity contribution in [1.29, 1.82) is 0 Å². The summed E-state index contributed by atoms with van der Waals surface area (Å²) in [5.74, 6) is -0.497. The molecule has 0 fully saturated rings. The predicted octanol–water partition coefficient (Wildman–Crippen LogP) is 1.25. The number of thiophene rings is 1. The number of hydrogen-bond donors (Lipinski definition) is 2. The fraction of sp³-hybridized carbons (Fsp3) is 0.154. The van der Waals surface area contributed by atoms with E-state index in [1.54, 1.807) is 11.4 Å². The van der Waals surface area contributed by atoms with Gasteiger partial charge in [-0.05, 0) is 17.0 Å². The van der Waals surface area contributed by atoms with E-state index in [0.29, 0.717) is 5.56 Å². The molecule has 0 radical (unpaired) electrons. The van der Waals surface area contributed by atoms with Crippen LogP contribution in [0.1, 0.15) is 5.56 Å². The van der Waals surface area contributed by atoms with E-state index in [1.807, 2.05) is 0 Å². The molecular weight excluding hydrogens is 342 g/mol. The van der Waals surface area contributed by atoms with Gasteiger partial charge in [-0.2, -0.15) is 0 Å². The van der Waals surface area contributed by atoms with Crippen molar-refractivity contribution in [1.82, 2.24) is 10.0 Å². The fourth-order valence-corrected chi connectivity index (χ4v) is 3.67. The van der Waals surface area contributed by atoms with Gasteiger partial charge >= 0.3 is 0 Å². The minimum atomic E-state index is -3.68. The van der Waals surface area contributed by atoms with E-state index >= 15 is 0 Å². The molecule has 8 nitrogen and oxygen atoms in total. The number of carbonyl (C=O) groups is 1. The fourth-order valence-electron chi connectivity index (χ4n) is 1.65. The summed E-state index contributed by atoms with van der Waals surface area (Å²) in [5.41, 5.74) is 0.633. The van der Waals surface area contributed by atoms with Crippen molar-refractivity contribution in [3.8, 4) is 0 Å². The lowest BCUT2D eigenvalue weighted by molar-refractivity contribution is -0.384. The Balaban J connectivity index is 1.82. The van der Waals surface area contributed by atoms with Gasteiger partial charge in [-0.1, -0.05) is 18.2 Å². The van der Waals surface area contributed by atoms with E-state index in [1.165, 1.54) is 30.3 Å². The minimum absolute atomic E-state index is 0.0382. The molecule has 1 amide bonds. The van der Waals surface area contributed by atoms with Gasteiger partial charge in [-0.3, -0.25) is 14.9 Å². The average Bonchev–Trinajstić information content (AvgIpc) is 3.06. The van der Waals surface area contributed by atoms with Gasteiger partial charge in [0.15, 0.2) is 0 Å². The highest BCUT2D eigenvalue weighted by Gasteiger charge is 2.16. The van der Waals surface area contributed by atoms with Crippen molar-refractivity contribution in [3.05, 3.63) is 57.5 Å². The molecule has 23 heavy (non-hydrogen) atoms. The molecule has 0 bridgehead atoms. The first-order valence-electron chi connectivity index (χ1n) is 6.42. The first-order valence-corrected chi connectivity index (χ1v) is 8.78. The van der Waals surface area contributed by atoms with E-state index < -0.39 is 20.9 Å². The predicted molar refractivity (Wildman–Crippen MR) is 84.5 cm³/mol. The molecule has 1 aromatic heterocycles. The van der Waals surface area contributed by atoms with Crippen molar-refractivity contribution >= 4 is 33.0 Å². The lowest BCUT2D eigenvalue weighted by Crippen LogP contribution is -2.36. The van der Waals surface area contributed by atoms with Crippen LogP contribution in [0.3, 0.4) is 0 Å². The van der Waals surface area contributed by atoms with Crippen LogP contribution in [0.15, 0.2) is 46.0 Å². The number of non-ortho nitro benzene ring substituents is 1. The van der Waals surface area contributed by atoms with E-state index in [2.05, 4.69) is 10.0 Å². The zero-order valence-electron chi connectivity index (χ0n) is 11.8. The van der Waals surface area contributed by atoms with E-state index in [4.69, 9.17) is 0 Å². The van der Waals surface area contributed by atoms with Gasteiger partial charge in [0.25, 0.3) is 15.7 Å². The Kier molecular flexibility index (Phi) is 5.42. The number of carbonyl (C=O) groups excluding carboxylic acids is 1. The lowest BCUT2D eigenvalue weighted by Gasteiger charge is -2.07. The van der Waals surface area contributed by atoms with Gasteiger partial charge in [0.1, 0.15) is 4.21 Å². The van der Waals surface area contributed by atoms with Crippen LogP contribution in [-0.4, -0.2) is 25.8 Å². The van der Waals surface area contributed by atoms with Crippen LogP contribution in [-0.2, 0) is 21.4 Å². The SMILES string of the molecule is O=C(CNS(=O)(=O)c1cccs1)NCc1ccc([N+](=O)[O-])cc1. The molecular formula is C13H13N3O5S2. The summed E-state index contributed by atoms with van der Waals surface area (Å²) in [6.07, 6.45) is 0. The molecule has 0 aliphatic rings. The maximum atomic E-state index is 11.8. The molecule has 2 N–H and O–H groups in total. The topological polar surface area (TPSA) is 118 Å². The summed E-state index contributed by atoms with van der Waals surface area (Å²) in [4.78, 5) is 21.7. The van der Waals surface area contributed by atoms with E-state index in [-0.39, 0.29) is 23.0 Å². The van der Waals surface area contributed by atoms with Crippen LogP contribution in [0.4, 0.5) is 5.69 Å². The van der Waals surface area contributed by atoms with Gasteiger partial charge < -0.3 is 5.32 Å². The Bertz CT molecular complexity index is 786. The third-order valence-corrected chi connectivity index (χ3v) is 5.62. The number of nitro groups is 1. The number of nitrogens with one attached hydrogen (secondary N) is 2. The van der Waals surface area contributed by atoms with Crippen LogP contribution in [0.2, 0.25) is 0 Å². The van der Waals surface area contributed by atoms with E-state index in [0.717, 1.165) is 11.3 Å². The van der Waals surface area contributed by atoms with Gasteiger partial charge in [0.05, 0.1) is 11.5 Å². The highest BCUT2D eigenvalue weighted by Crippen LogP contribution is 2.15. The van der Waals surface area contributed by atoms with Crippen molar-refractivity contribution in [2.45, 2.75) is 10.8 Å². The average molecular weight is 355 g/mol. The Hall–Kier alpha value is -2.30. The summed E-state index contributed by atoms with van der Waals surface area (Å²) >= 11 is 1.06. The first-order chi connectivity index (χ1) is 10.9. The number of sulfonamides is 1. The second kappa shape index (κ2) is 7.31. The number of nitrogens with zero attached hydrogens (tertiary/aromatic N) is 1. The molecule has 122 valence electrons. The first kappa shape index (κ1) is 17.1. The quantitative estimate of drug-likeness (QED) is 0.572. The van der Waals surface area contributed by atoms with Gasteiger partial charge in [-0.25, -0.2) is 13.1 Å². The molecule has 1 heterocycles. The maximum absolute atomic E-state index is 11.8. The van der Waals surface area contributed by atoms with Crippen molar-refractivity contribution in [3.63, 3.8) is 0 Å². The van der Waals surface area contributed by atoms with E-state index in [9.17, 15) is 23.3 Å². The molecule has 0 aliphatic heterocycles. The molecule has 1 aromatic carbocycles. The summed E-state index contributed by atoms with van der Waals surface area (Å²) in [7, 11) is -3.68. The van der Waals surface area contributed by atoms with Crippen LogP contribution >= 0.6 is 11.3 Å². The normalized spacial score (nSPS) is 11.1. The van der Waals surface area contributed by atoms with Gasteiger partial charge in [-0.15, -0.1) is 11.3 Å². The standard InChI is InChI=1S/C13H13N3O5S2/c17-12(9-15-23(20,21)13-2-1-7-22-13)14-8-10-3-5-11(6-4-10)16(18)19/h1-7,15H,8-9H2,(H,14,17). The number of nitro benzene ring substituents is 1. The van der Waals surface area contributed by atoms with Crippen LogP contribution < -0.4 is 10.0 Å². The van der Waals surface area contributed by atoms with Crippen molar-refractivity contribution in [2.75, 3.05) is 6.54 Å². The second-order valence-corrected chi connectivity index (χ2v) is 7.40. The minimum Gasteiger partial charge on any atom is -0.351 e. The second-order valence-electron chi connectivity index (χ2n) is 4.46. The third-order valence-electron chi connectivity index (χ3n) is 2.82. The Labute approximate surface area is 136 Å². The smallest absolute Gasteiger partial charge is 0.269 e. The molecule has 0 atom stereocenters. The van der Waals surface area contributed by atoms with Crippen LogP contribution in [0.25, 0.3) is 0 Å². The van der Waals surface area contributed by atoms with Crippen LogP contribution in [0, 0.1) is 10.1 Å². The molecule has 0 aliphatic carbocycles. The largest absolute Gasteiger partial charge is 0.351 e. The molecule has 0 saturated heterocycles. The molecule has 10 heteroatoms. The monoisotopic (exact) mass is 355 g/mol. The van der Waals surface area contributed by atoms with Crippen LogP contribution in [0.5, 0.6) is 0 Å². The molecule has 0 saturated carbocycles. The number of hydrogen-bond acceptors (Lipinski definition) is 6. The molecule has 0 spiro atoms. The van der Waals surface area contributed by atoms with Gasteiger partial charge in [0, 0.05) is 18.7 Å². The number of rotatable bonds is 7. The van der Waals surface area contributed by atoms with Crippen molar-refractivity contribution in [2.24, 2.45) is 0 Å². The maximum Gasteiger partial charge on any atom is 0.269 e. The summed E-state index contributed by atoms with van der Waals surface area (Å²) in [6.45, 7) is -0.231. The lowest BCUT2D eigenvalue weighted by atomic mass is 10.2. The number of amides is 1. The molecule has 0 unspecified atom stereocenters. The molecule has 2 aromatic rings. The summed E-state index contributed by atoms with van der Waals surface area (Å²) in [5, 5.41) is 14.7. The highest BCUT2D eigenvalue weighted by atomic mass is 32.2. The Morgan fingerprint density at radius 2 is 1.91 bits per heavy atom. The van der Waals surface area contributed by atoms with Crippen molar-refractivity contribution < 1.29 is 18.1 Å². The zero-order chi connectivity index (χ0) is 16.9. The zero-order valence-corrected chi connectivity index (χ0v) is 13.4. The summed E-state index contributed by atoms with van der Waals surface area (Å²) < 4.78 is 26.0. The summed E-state index contributed by atoms with van der Waals surface area (Å²) in [6, 6.07) is 8.76.